The number of hydrogen-bond acceptors (Lipinski definition) is 7. The van der Waals surface area contributed by atoms with Gasteiger partial charge in [0.05, 0.1) is 26.5 Å². The molecule has 0 aliphatic heterocycles. The van der Waals surface area contributed by atoms with Crippen LogP contribution in [-0.2, 0) is 0 Å². The number of benzene rings is 2. The van der Waals surface area contributed by atoms with E-state index >= 15 is 0 Å². The van der Waals surface area contributed by atoms with Gasteiger partial charge in [-0.3, -0.25) is 14.9 Å². The van der Waals surface area contributed by atoms with Gasteiger partial charge >= 0.3 is 0 Å². The Labute approximate surface area is 216 Å². The average Bonchev–Trinajstić information content (AvgIpc) is 2.85. The molecule has 1 atom stereocenters. The zero-order valence-corrected chi connectivity index (χ0v) is 21.9. The fraction of sp³-hybridized carbons (Fsp3) is 0.167. The van der Waals surface area contributed by atoms with E-state index in [0.717, 1.165) is 22.7 Å². The molecule has 9 nitrogen and oxygen atoms in total. The van der Waals surface area contributed by atoms with Crippen molar-refractivity contribution in [2.75, 3.05) is 0 Å². The van der Waals surface area contributed by atoms with Crippen molar-refractivity contribution in [1.29, 1.82) is 0 Å². The summed E-state index contributed by atoms with van der Waals surface area (Å²) in [5.74, 6) is 1.31. The lowest BCUT2D eigenvalue weighted by Crippen LogP contribution is -2.23. The van der Waals surface area contributed by atoms with Crippen LogP contribution < -0.4 is 10.3 Å². The summed E-state index contributed by atoms with van der Waals surface area (Å²) in [6, 6.07) is 13.4. The molecule has 0 radical (unpaired) electrons. The number of pyridine rings is 1. The number of ether oxygens (including phenoxy) is 1. The van der Waals surface area contributed by atoms with Crippen LogP contribution in [0.25, 0.3) is 10.9 Å². The van der Waals surface area contributed by atoms with Gasteiger partial charge in [-0.1, -0.05) is 29.8 Å². The van der Waals surface area contributed by atoms with Gasteiger partial charge in [0.1, 0.15) is 17.8 Å². The molecule has 0 saturated heterocycles. The number of hydrogen-bond donors (Lipinski definition) is 0. The van der Waals surface area contributed by atoms with Crippen molar-refractivity contribution < 1.29 is 9.66 Å². The molecule has 2 heterocycles. The Kier molecular flexibility index (Phi) is 7.37. The van der Waals surface area contributed by atoms with Crippen LogP contribution in [0.2, 0.25) is 0 Å². The zero-order valence-electron chi connectivity index (χ0n) is 18.7. The van der Waals surface area contributed by atoms with Crippen LogP contribution in [-0.4, -0.2) is 25.8 Å². The van der Waals surface area contributed by atoms with E-state index in [-0.39, 0.29) is 23.0 Å². The highest BCUT2D eigenvalue weighted by atomic mass is 79.9. The first kappa shape index (κ1) is 24.7. The topological polar surface area (TPSA) is 113 Å². The Morgan fingerprint density at radius 2 is 2.00 bits per heavy atom. The number of halogens is 2. The minimum Gasteiger partial charge on any atom is -0.438 e. The molecule has 11 heteroatoms. The molecule has 2 aromatic heterocycles. The smallest absolute Gasteiger partial charge is 0.287 e. The van der Waals surface area contributed by atoms with Gasteiger partial charge in [-0.15, -0.1) is 0 Å². The van der Waals surface area contributed by atoms with Crippen molar-refractivity contribution in [2.24, 2.45) is 5.10 Å². The van der Waals surface area contributed by atoms with E-state index in [4.69, 9.17) is 9.72 Å². The Bertz CT molecular complexity index is 1500. The first-order valence-electron chi connectivity index (χ1n) is 10.6. The summed E-state index contributed by atoms with van der Waals surface area (Å²) in [5.41, 5.74) is 0.984. The van der Waals surface area contributed by atoms with Gasteiger partial charge in [-0.2, -0.15) is 9.78 Å². The molecule has 0 spiro atoms. The molecule has 0 unspecified atom stereocenters. The monoisotopic (exact) mass is 599 g/mol. The maximum absolute atomic E-state index is 13.2. The quantitative estimate of drug-likeness (QED) is 0.138. The number of aromatic nitrogens is 3. The van der Waals surface area contributed by atoms with Gasteiger partial charge in [-0.25, -0.2) is 9.97 Å². The van der Waals surface area contributed by atoms with Crippen LogP contribution in [0.15, 0.2) is 73.6 Å². The molecule has 178 valence electrons. The third-order valence-corrected chi connectivity index (χ3v) is 6.42. The van der Waals surface area contributed by atoms with Gasteiger partial charge in [0.2, 0.25) is 5.88 Å². The van der Waals surface area contributed by atoms with Crippen molar-refractivity contribution in [2.45, 2.75) is 26.2 Å². The van der Waals surface area contributed by atoms with E-state index in [0.29, 0.717) is 26.9 Å². The third-order valence-electron chi connectivity index (χ3n) is 5.31. The number of fused-ring (bicyclic) bond motifs is 1. The summed E-state index contributed by atoms with van der Waals surface area (Å²) >= 11 is 6.87. The van der Waals surface area contributed by atoms with Gasteiger partial charge in [0, 0.05) is 22.5 Å². The maximum Gasteiger partial charge on any atom is 0.287 e. The molecule has 0 aliphatic carbocycles. The second-order valence-corrected chi connectivity index (χ2v) is 9.48. The largest absolute Gasteiger partial charge is 0.438 e. The number of nitrogens with zero attached hydrogens (tertiary/aromatic N) is 5. The van der Waals surface area contributed by atoms with Crippen LogP contribution >= 0.6 is 31.9 Å². The molecule has 0 N–H and O–H groups in total. The second kappa shape index (κ2) is 10.4. The minimum absolute atomic E-state index is 0.0320. The fourth-order valence-corrected chi connectivity index (χ4v) is 4.08. The molecule has 4 aromatic rings. The Morgan fingerprint density at radius 1 is 1.20 bits per heavy atom. The molecule has 0 bridgehead atoms. The van der Waals surface area contributed by atoms with Crippen molar-refractivity contribution in [3.05, 3.63) is 95.5 Å². The SMILES string of the molecule is CC[C@@H](C)c1nc2ccc(Br)cc2c(=O)n1N=Cc1ccc(Oc2ccc([N+](=O)[O-])cn2)c(Br)c1. The third kappa shape index (κ3) is 5.46. The summed E-state index contributed by atoms with van der Waals surface area (Å²) in [6.45, 7) is 4.04. The number of nitro groups is 1. The lowest BCUT2D eigenvalue weighted by Gasteiger charge is -2.14. The van der Waals surface area contributed by atoms with Crippen LogP contribution in [0.5, 0.6) is 11.6 Å². The van der Waals surface area contributed by atoms with Gasteiger partial charge in [0.25, 0.3) is 11.2 Å². The predicted molar refractivity (Wildman–Crippen MR) is 141 cm³/mol. The van der Waals surface area contributed by atoms with E-state index in [1.54, 1.807) is 30.5 Å². The normalized spacial score (nSPS) is 12.2. The molecule has 0 aliphatic rings. The summed E-state index contributed by atoms with van der Waals surface area (Å²) in [7, 11) is 0. The zero-order chi connectivity index (χ0) is 25.1. The van der Waals surface area contributed by atoms with Gasteiger partial charge in [0.15, 0.2) is 0 Å². The first-order valence-corrected chi connectivity index (χ1v) is 12.2. The standard InChI is InChI=1S/C24H19Br2N5O4/c1-3-14(2)23-29-20-7-5-16(25)11-18(20)24(32)30(23)28-12-15-4-8-21(19(26)10-15)35-22-9-6-17(13-27-22)31(33)34/h4-14H,3H2,1-2H3/t14-/m1/s1. The van der Waals surface area contributed by atoms with Crippen molar-refractivity contribution in [3.8, 4) is 11.6 Å². The highest BCUT2D eigenvalue weighted by Gasteiger charge is 2.16. The van der Waals surface area contributed by atoms with E-state index < -0.39 is 4.92 Å². The van der Waals surface area contributed by atoms with Crippen LogP contribution in [0.1, 0.15) is 37.6 Å². The summed E-state index contributed by atoms with van der Waals surface area (Å²) in [4.78, 5) is 32.2. The summed E-state index contributed by atoms with van der Waals surface area (Å²) in [5, 5.41) is 15.7. The summed E-state index contributed by atoms with van der Waals surface area (Å²) < 4.78 is 8.47. The van der Waals surface area contributed by atoms with E-state index in [1.165, 1.54) is 16.8 Å². The molecular weight excluding hydrogens is 582 g/mol. The molecule has 35 heavy (non-hydrogen) atoms. The van der Waals surface area contributed by atoms with Crippen molar-refractivity contribution in [3.63, 3.8) is 0 Å². The van der Waals surface area contributed by atoms with E-state index in [1.807, 2.05) is 26.0 Å². The predicted octanol–water partition coefficient (Wildman–Crippen LogP) is 6.41. The fourth-order valence-electron chi connectivity index (χ4n) is 3.24. The summed E-state index contributed by atoms with van der Waals surface area (Å²) in [6.07, 6.45) is 3.52. The molecule has 0 amide bonds. The first-order chi connectivity index (χ1) is 16.8. The Hall–Kier alpha value is -3.44. The number of rotatable bonds is 7. The van der Waals surface area contributed by atoms with E-state index in [2.05, 4.69) is 41.9 Å². The van der Waals surface area contributed by atoms with Crippen molar-refractivity contribution in [1.82, 2.24) is 14.6 Å². The average molecular weight is 601 g/mol. The molecular formula is C24H19Br2N5O4. The Balaban J connectivity index is 1.65. The van der Waals surface area contributed by atoms with Gasteiger partial charge in [-0.05, 0) is 64.3 Å². The molecule has 4 rings (SSSR count). The van der Waals surface area contributed by atoms with Crippen LogP contribution in [0.4, 0.5) is 5.69 Å². The molecule has 0 fully saturated rings. The lowest BCUT2D eigenvalue weighted by atomic mass is 10.1. The molecule has 2 aromatic carbocycles. The van der Waals surface area contributed by atoms with E-state index in [9.17, 15) is 14.9 Å². The van der Waals surface area contributed by atoms with Gasteiger partial charge < -0.3 is 4.74 Å². The molecule has 0 saturated carbocycles. The Morgan fingerprint density at radius 3 is 2.66 bits per heavy atom. The lowest BCUT2D eigenvalue weighted by molar-refractivity contribution is -0.385. The maximum atomic E-state index is 13.2. The van der Waals surface area contributed by atoms with Crippen molar-refractivity contribution >= 4 is 54.7 Å². The second-order valence-electron chi connectivity index (χ2n) is 7.71. The highest BCUT2D eigenvalue weighted by molar-refractivity contribution is 9.10. The van der Waals surface area contributed by atoms with Crippen LogP contribution in [0, 0.1) is 10.1 Å². The highest BCUT2D eigenvalue weighted by Crippen LogP contribution is 2.30. The van der Waals surface area contributed by atoms with Crippen LogP contribution in [0.3, 0.4) is 0 Å². The minimum atomic E-state index is -0.525.